The second-order valence-electron chi connectivity index (χ2n) is 5.37. The number of benzene rings is 1. The van der Waals surface area contributed by atoms with E-state index in [1.54, 1.807) is 0 Å². The maximum atomic E-state index is 14.3. The fourth-order valence-electron chi connectivity index (χ4n) is 2.66. The van der Waals surface area contributed by atoms with Crippen molar-refractivity contribution in [2.45, 2.75) is 52.0 Å². The summed E-state index contributed by atoms with van der Waals surface area (Å²) in [6.07, 6.45) is 4.14. The fraction of sp³-hybridized carbons (Fsp3) is 0.562. The summed E-state index contributed by atoms with van der Waals surface area (Å²) in [5, 5.41) is 6.16. The van der Waals surface area contributed by atoms with E-state index in [-0.39, 0.29) is 17.8 Å². The van der Waals surface area contributed by atoms with Crippen molar-refractivity contribution in [2.24, 2.45) is 0 Å². The summed E-state index contributed by atoms with van der Waals surface area (Å²) in [5.41, 5.74) is 2.41. The van der Waals surface area contributed by atoms with Crippen LogP contribution in [0, 0.1) is 5.82 Å². The zero-order valence-electron chi connectivity index (χ0n) is 12.3. The van der Waals surface area contributed by atoms with Gasteiger partial charge in [0, 0.05) is 23.7 Å². The molecule has 1 atom stereocenters. The Balaban J connectivity index is 2.27. The Morgan fingerprint density at radius 3 is 2.80 bits per heavy atom. The van der Waals surface area contributed by atoms with Crippen molar-refractivity contribution >= 4 is 11.6 Å². The van der Waals surface area contributed by atoms with E-state index in [1.165, 1.54) is 6.07 Å². The van der Waals surface area contributed by atoms with Gasteiger partial charge in [-0.2, -0.15) is 0 Å². The van der Waals surface area contributed by atoms with Gasteiger partial charge in [-0.05, 0) is 43.5 Å². The average Bonchev–Trinajstić information content (AvgIpc) is 2.43. The number of aryl methyl sites for hydroxylation is 1. The van der Waals surface area contributed by atoms with E-state index < -0.39 is 0 Å². The lowest BCUT2D eigenvalue weighted by atomic mass is 9.94. The molecule has 20 heavy (non-hydrogen) atoms. The highest BCUT2D eigenvalue weighted by Crippen LogP contribution is 2.30. The number of halogens is 1. The van der Waals surface area contributed by atoms with Gasteiger partial charge >= 0.3 is 0 Å². The average molecular weight is 278 g/mol. The maximum Gasteiger partial charge on any atom is 0.224 e. The summed E-state index contributed by atoms with van der Waals surface area (Å²) >= 11 is 0. The molecule has 0 spiro atoms. The number of nitrogens with one attached hydrogen (secondary N) is 2. The van der Waals surface area contributed by atoms with Crippen LogP contribution >= 0.6 is 0 Å². The summed E-state index contributed by atoms with van der Waals surface area (Å²) in [5.74, 6) is -0.258. The van der Waals surface area contributed by atoms with Crippen molar-refractivity contribution in [1.82, 2.24) is 5.32 Å². The Bertz CT molecular complexity index is 488. The van der Waals surface area contributed by atoms with E-state index in [0.29, 0.717) is 18.5 Å². The monoisotopic (exact) mass is 278 g/mol. The number of carbonyl (C=O) groups excluding carboxylic acids is 1. The summed E-state index contributed by atoms with van der Waals surface area (Å²) in [7, 11) is 0. The van der Waals surface area contributed by atoms with Crippen molar-refractivity contribution in [3.8, 4) is 0 Å². The number of fused-ring (bicyclic) bond motifs is 1. The van der Waals surface area contributed by atoms with Gasteiger partial charge < -0.3 is 10.6 Å². The molecule has 1 amide bonds. The third-order valence-corrected chi connectivity index (χ3v) is 3.71. The number of anilines is 1. The van der Waals surface area contributed by atoms with E-state index >= 15 is 0 Å². The lowest BCUT2D eigenvalue weighted by Crippen LogP contribution is -2.24. The maximum absolute atomic E-state index is 14.3. The van der Waals surface area contributed by atoms with Gasteiger partial charge in [0.2, 0.25) is 5.91 Å². The molecule has 0 radical (unpaired) electrons. The van der Waals surface area contributed by atoms with Crippen LogP contribution in [-0.4, -0.2) is 12.5 Å². The van der Waals surface area contributed by atoms with E-state index in [1.807, 2.05) is 6.07 Å². The topological polar surface area (TPSA) is 41.1 Å². The molecule has 0 saturated heterocycles. The van der Waals surface area contributed by atoms with E-state index in [2.05, 4.69) is 24.5 Å². The lowest BCUT2D eigenvalue weighted by molar-refractivity contribution is -0.116. The molecule has 1 aliphatic rings. The van der Waals surface area contributed by atoms with Crippen LogP contribution in [0.5, 0.6) is 0 Å². The first-order chi connectivity index (χ1) is 9.65. The number of hydrogen-bond donors (Lipinski definition) is 2. The second kappa shape index (κ2) is 6.84. The Kier molecular flexibility index (Phi) is 5.12. The molecule has 1 aromatic carbocycles. The SMILES string of the molecule is CCCNC(CCC)c1cc2c(cc1F)NC(=O)CC2. The molecule has 0 saturated carbocycles. The van der Waals surface area contributed by atoms with Crippen LogP contribution in [0.15, 0.2) is 12.1 Å². The Hall–Kier alpha value is -1.42. The number of carbonyl (C=O) groups is 1. The van der Waals surface area contributed by atoms with Crippen LogP contribution in [0.2, 0.25) is 0 Å². The second-order valence-corrected chi connectivity index (χ2v) is 5.37. The van der Waals surface area contributed by atoms with Gasteiger partial charge in [0.1, 0.15) is 5.82 Å². The molecule has 2 N–H and O–H groups in total. The van der Waals surface area contributed by atoms with E-state index in [9.17, 15) is 9.18 Å². The third kappa shape index (κ3) is 3.37. The zero-order chi connectivity index (χ0) is 14.5. The smallest absolute Gasteiger partial charge is 0.224 e. The van der Waals surface area contributed by atoms with Crippen LogP contribution in [0.25, 0.3) is 0 Å². The molecule has 1 aliphatic heterocycles. The van der Waals surface area contributed by atoms with Crippen molar-refractivity contribution in [1.29, 1.82) is 0 Å². The summed E-state index contributed by atoms with van der Waals surface area (Å²) in [4.78, 5) is 11.4. The van der Waals surface area contributed by atoms with Gasteiger partial charge in [0.05, 0.1) is 0 Å². The predicted molar refractivity (Wildman–Crippen MR) is 79.3 cm³/mol. The minimum Gasteiger partial charge on any atom is -0.326 e. The first kappa shape index (κ1) is 15.0. The van der Waals surface area contributed by atoms with E-state index in [0.717, 1.165) is 36.9 Å². The molecular weight excluding hydrogens is 255 g/mol. The minimum absolute atomic E-state index is 0.0288. The van der Waals surface area contributed by atoms with Crippen LogP contribution in [0.3, 0.4) is 0 Å². The van der Waals surface area contributed by atoms with Gasteiger partial charge in [-0.15, -0.1) is 0 Å². The molecule has 0 fully saturated rings. The number of amides is 1. The number of hydrogen-bond acceptors (Lipinski definition) is 2. The molecule has 4 heteroatoms. The third-order valence-electron chi connectivity index (χ3n) is 3.71. The molecule has 110 valence electrons. The predicted octanol–water partition coefficient (Wildman–Crippen LogP) is 3.55. The van der Waals surface area contributed by atoms with Crippen LogP contribution in [-0.2, 0) is 11.2 Å². The Morgan fingerprint density at radius 2 is 2.10 bits per heavy atom. The minimum atomic E-state index is -0.229. The lowest BCUT2D eigenvalue weighted by Gasteiger charge is -2.23. The van der Waals surface area contributed by atoms with Crippen molar-refractivity contribution in [3.63, 3.8) is 0 Å². The summed E-state index contributed by atoms with van der Waals surface area (Å²) < 4.78 is 14.3. The molecule has 0 aromatic heterocycles. The molecule has 1 aromatic rings. The first-order valence-electron chi connectivity index (χ1n) is 7.51. The van der Waals surface area contributed by atoms with E-state index in [4.69, 9.17) is 0 Å². The van der Waals surface area contributed by atoms with Crippen molar-refractivity contribution < 1.29 is 9.18 Å². The quantitative estimate of drug-likeness (QED) is 0.835. The molecule has 0 aliphatic carbocycles. The molecule has 2 rings (SSSR count). The van der Waals surface area contributed by atoms with Gasteiger partial charge in [0.15, 0.2) is 0 Å². The molecule has 0 bridgehead atoms. The van der Waals surface area contributed by atoms with Gasteiger partial charge in [-0.25, -0.2) is 4.39 Å². The first-order valence-corrected chi connectivity index (χ1v) is 7.51. The summed E-state index contributed by atoms with van der Waals surface area (Å²) in [6, 6.07) is 3.45. The standard InChI is InChI=1S/C16H23FN2O/c1-3-5-14(18-8-4-2)12-9-11-6-7-16(20)19-15(11)10-13(12)17/h9-10,14,18H,3-8H2,1-2H3,(H,19,20). The fourth-order valence-corrected chi connectivity index (χ4v) is 2.66. The highest BCUT2D eigenvalue weighted by Gasteiger charge is 2.21. The van der Waals surface area contributed by atoms with Crippen molar-refractivity contribution in [2.75, 3.05) is 11.9 Å². The van der Waals surface area contributed by atoms with Crippen LogP contribution in [0.4, 0.5) is 10.1 Å². The van der Waals surface area contributed by atoms with Crippen LogP contribution in [0.1, 0.15) is 56.7 Å². The molecular formula is C16H23FN2O. The Morgan fingerprint density at radius 1 is 1.30 bits per heavy atom. The van der Waals surface area contributed by atoms with Gasteiger partial charge in [-0.3, -0.25) is 4.79 Å². The normalized spacial score (nSPS) is 15.7. The van der Waals surface area contributed by atoms with Crippen molar-refractivity contribution in [3.05, 3.63) is 29.1 Å². The molecule has 1 heterocycles. The highest BCUT2D eigenvalue weighted by atomic mass is 19.1. The number of rotatable bonds is 6. The molecule has 3 nitrogen and oxygen atoms in total. The Labute approximate surface area is 120 Å². The largest absolute Gasteiger partial charge is 0.326 e. The highest BCUT2D eigenvalue weighted by molar-refractivity contribution is 5.93. The van der Waals surface area contributed by atoms with Gasteiger partial charge in [-0.1, -0.05) is 20.3 Å². The summed E-state index contributed by atoms with van der Waals surface area (Å²) in [6.45, 7) is 5.10. The molecule has 1 unspecified atom stereocenters. The van der Waals surface area contributed by atoms with Gasteiger partial charge in [0.25, 0.3) is 0 Å². The van der Waals surface area contributed by atoms with Crippen LogP contribution < -0.4 is 10.6 Å². The zero-order valence-corrected chi connectivity index (χ0v) is 12.3.